The second kappa shape index (κ2) is 10.1. The van der Waals surface area contributed by atoms with Crippen molar-refractivity contribution in [3.8, 4) is 0 Å². The van der Waals surface area contributed by atoms with Crippen LogP contribution < -0.4 is 5.32 Å². The number of rotatable bonds is 4. The standard InChI is InChI=1S/C21H31N5O3.CH2O2/c1-4-25-13(2)17(9-23-25)21(29)24-11-15-8-16(12-24)19(10-22-14(3)27)26-18(15)6-5-7-20(26)28;2-1-3/h9,15-16,18-19H,4-8,10-12H2,1-3H3,(H,22,27);1H,(H,2,3)/t15-,16+,18+,19+;/m1./s1. The largest absolute Gasteiger partial charge is 0.483 e. The average Bonchev–Trinajstić information content (AvgIpc) is 3.14. The first-order valence-corrected chi connectivity index (χ1v) is 11.3. The van der Waals surface area contributed by atoms with E-state index in [0.29, 0.717) is 37.5 Å². The maximum absolute atomic E-state index is 13.3. The van der Waals surface area contributed by atoms with Gasteiger partial charge in [-0.1, -0.05) is 0 Å². The summed E-state index contributed by atoms with van der Waals surface area (Å²) in [7, 11) is 0. The lowest BCUT2D eigenvalue weighted by Gasteiger charge is -2.56. The van der Waals surface area contributed by atoms with Gasteiger partial charge >= 0.3 is 0 Å². The van der Waals surface area contributed by atoms with E-state index in [-0.39, 0.29) is 42.2 Å². The molecule has 4 atom stereocenters. The Morgan fingerprint density at radius 2 is 2.00 bits per heavy atom. The monoisotopic (exact) mass is 447 g/mol. The van der Waals surface area contributed by atoms with E-state index in [1.807, 2.05) is 23.4 Å². The smallest absolute Gasteiger partial charge is 0.290 e. The molecule has 3 saturated heterocycles. The van der Waals surface area contributed by atoms with Gasteiger partial charge in [0, 0.05) is 51.3 Å². The molecule has 0 saturated carbocycles. The van der Waals surface area contributed by atoms with Gasteiger partial charge in [0.15, 0.2) is 0 Å². The first-order chi connectivity index (χ1) is 15.3. The Balaban J connectivity index is 0.000000913. The molecule has 3 aliphatic heterocycles. The molecule has 0 unspecified atom stereocenters. The van der Waals surface area contributed by atoms with Crippen molar-refractivity contribution >= 4 is 24.2 Å². The van der Waals surface area contributed by atoms with Crippen LogP contribution in [-0.2, 0) is 20.9 Å². The van der Waals surface area contributed by atoms with Gasteiger partial charge < -0.3 is 20.2 Å². The Kier molecular flexibility index (Phi) is 7.52. The van der Waals surface area contributed by atoms with E-state index in [1.54, 1.807) is 6.20 Å². The molecule has 3 amide bonds. The van der Waals surface area contributed by atoms with Crippen molar-refractivity contribution in [1.82, 2.24) is 24.9 Å². The minimum absolute atomic E-state index is 0.0331. The van der Waals surface area contributed by atoms with Gasteiger partial charge in [0.25, 0.3) is 12.4 Å². The minimum atomic E-state index is -0.250. The zero-order chi connectivity index (χ0) is 23.4. The van der Waals surface area contributed by atoms with Gasteiger partial charge in [0.2, 0.25) is 11.8 Å². The number of aromatic nitrogens is 2. The molecule has 0 aliphatic carbocycles. The summed E-state index contributed by atoms with van der Waals surface area (Å²) in [5, 5.41) is 14.1. The number of amides is 3. The van der Waals surface area contributed by atoms with Crippen LogP contribution >= 0.6 is 0 Å². The van der Waals surface area contributed by atoms with Crippen LogP contribution in [0.15, 0.2) is 6.20 Å². The zero-order valence-corrected chi connectivity index (χ0v) is 19.0. The summed E-state index contributed by atoms with van der Waals surface area (Å²) in [6, 6.07) is 0.129. The van der Waals surface area contributed by atoms with Gasteiger partial charge in [-0.3, -0.25) is 23.9 Å². The molecule has 2 N–H and O–H groups in total. The highest BCUT2D eigenvalue weighted by atomic mass is 16.3. The Morgan fingerprint density at radius 3 is 2.62 bits per heavy atom. The van der Waals surface area contributed by atoms with Crippen LogP contribution in [0.5, 0.6) is 0 Å². The summed E-state index contributed by atoms with van der Waals surface area (Å²) in [6.45, 7) is 7.72. The average molecular weight is 448 g/mol. The fraction of sp³-hybridized carbons (Fsp3) is 0.682. The van der Waals surface area contributed by atoms with Crippen molar-refractivity contribution < 1.29 is 24.3 Å². The quantitative estimate of drug-likeness (QED) is 0.661. The molecule has 10 heteroatoms. The fourth-order valence-corrected chi connectivity index (χ4v) is 5.60. The summed E-state index contributed by atoms with van der Waals surface area (Å²) in [6.07, 6.45) is 5.16. The van der Waals surface area contributed by atoms with Crippen LogP contribution in [0, 0.1) is 18.8 Å². The lowest BCUT2D eigenvalue weighted by Crippen LogP contribution is -2.67. The molecule has 10 nitrogen and oxygen atoms in total. The number of hydrogen-bond acceptors (Lipinski definition) is 5. The van der Waals surface area contributed by atoms with E-state index < -0.39 is 0 Å². The number of piperidine rings is 3. The SMILES string of the molecule is CCn1ncc(C(=O)N2C[C@H]3C[C@@H](C2)[C@H](CNC(C)=O)N2C(=O)CCC[C@@H]32)c1C.O=CO. The molecule has 2 bridgehead atoms. The second-order valence-corrected chi connectivity index (χ2v) is 8.80. The van der Waals surface area contributed by atoms with E-state index in [1.165, 1.54) is 6.92 Å². The van der Waals surface area contributed by atoms with Gasteiger partial charge in [-0.05, 0) is 44.9 Å². The maximum atomic E-state index is 13.3. The molecular weight excluding hydrogens is 414 g/mol. The fourth-order valence-electron chi connectivity index (χ4n) is 5.60. The predicted octanol–water partition coefficient (Wildman–Crippen LogP) is 0.890. The van der Waals surface area contributed by atoms with Crippen molar-refractivity contribution in [3.63, 3.8) is 0 Å². The molecule has 0 aromatic carbocycles. The maximum Gasteiger partial charge on any atom is 0.290 e. The molecule has 0 spiro atoms. The molecule has 1 aromatic rings. The van der Waals surface area contributed by atoms with E-state index in [9.17, 15) is 14.4 Å². The highest BCUT2D eigenvalue weighted by Crippen LogP contribution is 2.41. The number of nitrogens with zero attached hydrogens (tertiary/aromatic N) is 4. The van der Waals surface area contributed by atoms with Crippen LogP contribution in [0.25, 0.3) is 0 Å². The number of carbonyl (C=O) groups excluding carboxylic acids is 3. The molecule has 3 fully saturated rings. The van der Waals surface area contributed by atoms with Crippen LogP contribution in [0.1, 0.15) is 55.6 Å². The highest BCUT2D eigenvalue weighted by Gasteiger charge is 2.50. The van der Waals surface area contributed by atoms with Crippen molar-refractivity contribution in [2.75, 3.05) is 19.6 Å². The van der Waals surface area contributed by atoms with Crippen LogP contribution in [-0.4, -0.2) is 80.6 Å². The second-order valence-electron chi connectivity index (χ2n) is 8.80. The summed E-state index contributed by atoms with van der Waals surface area (Å²) in [5.74, 6) is 0.637. The lowest BCUT2D eigenvalue weighted by atomic mass is 9.72. The predicted molar refractivity (Wildman–Crippen MR) is 116 cm³/mol. The van der Waals surface area contributed by atoms with E-state index >= 15 is 0 Å². The molecular formula is C22H33N5O5. The number of nitrogens with one attached hydrogen (secondary N) is 1. The first-order valence-electron chi connectivity index (χ1n) is 11.3. The molecule has 32 heavy (non-hydrogen) atoms. The number of fused-ring (bicyclic) bond motifs is 4. The summed E-state index contributed by atoms with van der Waals surface area (Å²) in [5.41, 5.74) is 1.57. The summed E-state index contributed by atoms with van der Waals surface area (Å²) in [4.78, 5) is 50.0. The van der Waals surface area contributed by atoms with Crippen LogP contribution in [0.2, 0.25) is 0 Å². The van der Waals surface area contributed by atoms with Gasteiger partial charge in [0.1, 0.15) is 0 Å². The lowest BCUT2D eigenvalue weighted by molar-refractivity contribution is -0.151. The topological polar surface area (TPSA) is 125 Å². The van der Waals surface area contributed by atoms with Crippen molar-refractivity contribution in [3.05, 3.63) is 17.5 Å². The molecule has 176 valence electrons. The number of hydrogen-bond donors (Lipinski definition) is 2. The third-order valence-corrected chi connectivity index (χ3v) is 6.98. The minimum Gasteiger partial charge on any atom is -0.483 e. The Labute approximate surface area is 187 Å². The third kappa shape index (κ3) is 4.63. The van der Waals surface area contributed by atoms with Gasteiger partial charge in [-0.2, -0.15) is 5.10 Å². The molecule has 0 radical (unpaired) electrons. The zero-order valence-electron chi connectivity index (χ0n) is 19.0. The number of likely N-dealkylation sites (tertiary alicyclic amines) is 1. The molecule has 3 aliphatic rings. The van der Waals surface area contributed by atoms with Crippen molar-refractivity contribution in [2.24, 2.45) is 11.8 Å². The molecule has 1 aromatic heterocycles. The van der Waals surface area contributed by atoms with Crippen molar-refractivity contribution in [2.45, 2.75) is 65.1 Å². The van der Waals surface area contributed by atoms with E-state index in [4.69, 9.17) is 9.90 Å². The van der Waals surface area contributed by atoms with Crippen LogP contribution in [0.3, 0.4) is 0 Å². The first kappa shape index (κ1) is 23.7. The highest BCUT2D eigenvalue weighted by molar-refractivity contribution is 5.95. The van der Waals surface area contributed by atoms with E-state index in [0.717, 1.165) is 31.5 Å². The summed E-state index contributed by atoms with van der Waals surface area (Å²) >= 11 is 0. The third-order valence-electron chi connectivity index (χ3n) is 6.98. The van der Waals surface area contributed by atoms with Crippen molar-refractivity contribution in [1.29, 1.82) is 0 Å². The van der Waals surface area contributed by atoms with Gasteiger partial charge in [-0.25, -0.2) is 0 Å². The Morgan fingerprint density at radius 1 is 1.31 bits per heavy atom. The van der Waals surface area contributed by atoms with Gasteiger partial charge in [0.05, 0.1) is 17.8 Å². The molecule has 4 rings (SSSR count). The number of aryl methyl sites for hydroxylation is 1. The summed E-state index contributed by atoms with van der Waals surface area (Å²) < 4.78 is 1.85. The normalized spacial score (nSPS) is 26.5. The Hall–Kier alpha value is -2.91. The van der Waals surface area contributed by atoms with Crippen LogP contribution in [0.4, 0.5) is 0 Å². The number of carbonyl (C=O) groups is 4. The Bertz CT molecular complexity index is 869. The van der Waals surface area contributed by atoms with Gasteiger partial charge in [-0.15, -0.1) is 0 Å². The van der Waals surface area contributed by atoms with E-state index in [2.05, 4.69) is 15.3 Å². The molecule has 4 heterocycles. The number of carboxylic acid groups (broad SMARTS) is 1.